The van der Waals surface area contributed by atoms with E-state index in [1.54, 1.807) is 6.07 Å². The monoisotopic (exact) mass is 286 g/mol. The van der Waals surface area contributed by atoms with Crippen LogP contribution in [-0.4, -0.2) is 22.2 Å². The van der Waals surface area contributed by atoms with Crippen LogP contribution in [0, 0.1) is 19.7 Å². The number of hydrogen-bond acceptors (Lipinski definition) is 5. The number of nitrogens with zero attached hydrogens (tertiary/aromatic N) is 4. The zero-order valence-electron chi connectivity index (χ0n) is 12.1. The predicted octanol–water partition coefficient (Wildman–Crippen LogP) is 3.01. The number of aryl methyl sites for hydroxylation is 2. The maximum absolute atomic E-state index is 13.8. The molecule has 0 aliphatic rings. The molecule has 5 nitrogen and oxygen atoms in total. The average molecular weight is 286 g/mol. The lowest BCUT2D eigenvalue weighted by molar-refractivity contribution is 0.392. The zero-order valence-corrected chi connectivity index (χ0v) is 12.1. The first kappa shape index (κ1) is 13.5. The summed E-state index contributed by atoms with van der Waals surface area (Å²) < 4.78 is 19.0. The first-order valence-electron chi connectivity index (χ1n) is 6.60. The highest BCUT2D eigenvalue weighted by Crippen LogP contribution is 2.25. The Bertz CT molecular complexity index is 780. The summed E-state index contributed by atoms with van der Waals surface area (Å²) in [6.45, 7) is 4.36. The molecule has 108 valence electrons. The van der Waals surface area contributed by atoms with Crippen molar-refractivity contribution in [2.75, 3.05) is 11.9 Å². The molecule has 1 aromatic carbocycles. The minimum Gasteiger partial charge on any atom is -0.361 e. The van der Waals surface area contributed by atoms with Crippen LogP contribution in [0.25, 0.3) is 10.9 Å². The fourth-order valence-electron chi connectivity index (χ4n) is 2.38. The molecule has 0 aliphatic carbocycles. The predicted molar refractivity (Wildman–Crippen MR) is 77.6 cm³/mol. The van der Waals surface area contributed by atoms with Crippen LogP contribution in [0.1, 0.15) is 17.0 Å². The van der Waals surface area contributed by atoms with Gasteiger partial charge in [-0.05, 0) is 26.0 Å². The van der Waals surface area contributed by atoms with E-state index in [1.165, 1.54) is 12.4 Å². The fraction of sp³-hybridized carbons (Fsp3) is 0.267. The topological polar surface area (TPSA) is 55.1 Å². The third-order valence-electron chi connectivity index (χ3n) is 3.53. The second-order valence-corrected chi connectivity index (χ2v) is 4.99. The Morgan fingerprint density at radius 1 is 1.24 bits per heavy atom. The van der Waals surface area contributed by atoms with Gasteiger partial charge in [0.1, 0.15) is 29.2 Å². The van der Waals surface area contributed by atoms with Gasteiger partial charge < -0.3 is 9.42 Å². The number of benzene rings is 1. The fourth-order valence-corrected chi connectivity index (χ4v) is 2.38. The summed E-state index contributed by atoms with van der Waals surface area (Å²) in [7, 11) is 1.90. The number of rotatable bonds is 3. The molecule has 2 heterocycles. The van der Waals surface area contributed by atoms with Crippen molar-refractivity contribution >= 4 is 16.7 Å². The Labute approximate surface area is 121 Å². The summed E-state index contributed by atoms with van der Waals surface area (Å²) in [5.74, 6) is 1.12. The average Bonchev–Trinajstić information content (AvgIpc) is 2.79. The summed E-state index contributed by atoms with van der Waals surface area (Å²) in [6, 6.07) is 4.87. The minimum atomic E-state index is -0.345. The molecule has 0 unspecified atom stereocenters. The van der Waals surface area contributed by atoms with Gasteiger partial charge in [-0.25, -0.2) is 14.4 Å². The number of anilines is 1. The van der Waals surface area contributed by atoms with Gasteiger partial charge in [-0.1, -0.05) is 11.2 Å². The lowest BCUT2D eigenvalue weighted by Gasteiger charge is -2.19. The molecule has 0 aliphatic heterocycles. The van der Waals surface area contributed by atoms with Crippen LogP contribution in [0.2, 0.25) is 0 Å². The molecule has 0 amide bonds. The molecule has 21 heavy (non-hydrogen) atoms. The van der Waals surface area contributed by atoms with Crippen molar-refractivity contribution in [1.82, 2.24) is 15.1 Å². The molecular weight excluding hydrogens is 271 g/mol. The van der Waals surface area contributed by atoms with Crippen molar-refractivity contribution in [3.63, 3.8) is 0 Å². The Balaban J connectivity index is 2.02. The summed E-state index contributed by atoms with van der Waals surface area (Å²) in [4.78, 5) is 10.2. The van der Waals surface area contributed by atoms with Crippen molar-refractivity contribution in [1.29, 1.82) is 0 Å². The Kier molecular flexibility index (Phi) is 3.29. The molecule has 0 radical (unpaired) electrons. The molecular formula is C15H15FN4O. The van der Waals surface area contributed by atoms with E-state index in [0.29, 0.717) is 23.3 Å². The smallest absolute Gasteiger partial charge is 0.149 e. The van der Waals surface area contributed by atoms with Crippen molar-refractivity contribution in [3.8, 4) is 0 Å². The Hall–Kier alpha value is -2.50. The van der Waals surface area contributed by atoms with Crippen molar-refractivity contribution in [2.24, 2.45) is 0 Å². The van der Waals surface area contributed by atoms with E-state index in [1.807, 2.05) is 31.9 Å². The van der Waals surface area contributed by atoms with Crippen LogP contribution >= 0.6 is 0 Å². The van der Waals surface area contributed by atoms with E-state index in [2.05, 4.69) is 15.1 Å². The Morgan fingerprint density at radius 3 is 2.76 bits per heavy atom. The Morgan fingerprint density at radius 2 is 2.05 bits per heavy atom. The molecule has 0 saturated heterocycles. The largest absolute Gasteiger partial charge is 0.361 e. The van der Waals surface area contributed by atoms with E-state index >= 15 is 0 Å². The number of para-hydroxylation sites is 1. The lowest BCUT2D eigenvalue weighted by Crippen LogP contribution is -2.19. The molecule has 0 spiro atoms. The van der Waals surface area contributed by atoms with E-state index < -0.39 is 0 Å². The van der Waals surface area contributed by atoms with Crippen LogP contribution in [0.5, 0.6) is 0 Å². The first-order valence-corrected chi connectivity index (χ1v) is 6.60. The van der Waals surface area contributed by atoms with Crippen LogP contribution in [0.3, 0.4) is 0 Å². The van der Waals surface area contributed by atoms with Gasteiger partial charge in [-0.2, -0.15) is 0 Å². The van der Waals surface area contributed by atoms with Gasteiger partial charge >= 0.3 is 0 Å². The second kappa shape index (κ2) is 5.12. The standard InChI is InChI=1S/C15H15FN4O/c1-9-12(10(2)21-19-9)7-20(3)15-11-5-4-6-13(16)14(11)17-8-18-15/h4-6,8H,7H2,1-3H3. The van der Waals surface area contributed by atoms with E-state index in [9.17, 15) is 4.39 Å². The van der Waals surface area contributed by atoms with Gasteiger partial charge in [-0.3, -0.25) is 0 Å². The molecule has 0 N–H and O–H groups in total. The minimum absolute atomic E-state index is 0.327. The normalized spacial score (nSPS) is 11.0. The highest BCUT2D eigenvalue weighted by molar-refractivity contribution is 5.89. The van der Waals surface area contributed by atoms with Gasteiger partial charge in [-0.15, -0.1) is 0 Å². The summed E-state index contributed by atoms with van der Waals surface area (Å²) >= 11 is 0. The van der Waals surface area contributed by atoms with Crippen LogP contribution in [-0.2, 0) is 6.54 Å². The highest BCUT2D eigenvalue weighted by Gasteiger charge is 2.15. The highest BCUT2D eigenvalue weighted by atomic mass is 19.1. The number of aromatic nitrogens is 3. The maximum atomic E-state index is 13.8. The van der Waals surface area contributed by atoms with Crippen molar-refractivity contribution < 1.29 is 8.91 Å². The molecule has 6 heteroatoms. The SMILES string of the molecule is Cc1noc(C)c1CN(C)c1ncnc2c(F)cccc12. The van der Waals surface area contributed by atoms with Crippen LogP contribution in [0.4, 0.5) is 10.2 Å². The molecule has 0 bridgehead atoms. The molecule has 2 aromatic heterocycles. The summed E-state index contributed by atoms with van der Waals surface area (Å²) in [5.41, 5.74) is 2.19. The maximum Gasteiger partial charge on any atom is 0.149 e. The molecule has 0 fully saturated rings. The van der Waals surface area contributed by atoms with Gasteiger partial charge in [0, 0.05) is 24.5 Å². The van der Waals surface area contributed by atoms with Gasteiger partial charge in [0.05, 0.1) is 5.69 Å². The van der Waals surface area contributed by atoms with Crippen molar-refractivity contribution in [2.45, 2.75) is 20.4 Å². The van der Waals surface area contributed by atoms with Crippen molar-refractivity contribution in [3.05, 3.63) is 47.4 Å². The van der Waals surface area contributed by atoms with Gasteiger partial charge in [0.2, 0.25) is 0 Å². The number of hydrogen-bond donors (Lipinski definition) is 0. The van der Waals surface area contributed by atoms with E-state index in [0.717, 1.165) is 17.0 Å². The third kappa shape index (κ3) is 2.33. The zero-order chi connectivity index (χ0) is 15.0. The number of fused-ring (bicyclic) bond motifs is 1. The third-order valence-corrected chi connectivity index (χ3v) is 3.53. The van der Waals surface area contributed by atoms with Gasteiger partial charge in [0.25, 0.3) is 0 Å². The van der Waals surface area contributed by atoms with Gasteiger partial charge in [0.15, 0.2) is 0 Å². The summed E-state index contributed by atoms with van der Waals surface area (Å²) in [5, 5.41) is 4.63. The lowest BCUT2D eigenvalue weighted by atomic mass is 10.1. The van der Waals surface area contributed by atoms with Crippen LogP contribution in [0.15, 0.2) is 29.0 Å². The molecule has 3 rings (SSSR count). The second-order valence-electron chi connectivity index (χ2n) is 4.99. The quantitative estimate of drug-likeness (QED) is 0.740. The number of halogens is 1. The molecule has 3 aromatic rings. The molecule has 0 atom stereocenters. The van der Waals surface area contributed by atoms with E-state index in [-0.39, 0.29) is 5.82 Å². The summed E-state index contributed by atoms with van der Waals surface area (Å²) in [6.07, 6.45) is 1.38. The van der Waals surface area contributed by atoms with E-state index in [4.69, 9.17) is 4.52 Å². The first-order chi connectivity index (χ1) is 10.1. The van der Waals surface area contributed by atoms with Crippen LogP contribution < -0.4 is 4.90 Å². The molecule has 0 saturated carbocycles.